The lowest BCUT2D eigenvalue weighted by atomic mass is 10.1. The van der Waals surface area contributed by atoms with Gasteiger partial charge in [-0.2, -0.15) is 0 Å². The summed E-state index contributed by atoms with van der Waals surface area (Å²) in [6, 6.07) is 14.5. The molecular weight excluding hydrogens is 401 g/mol. The third-order valence-electron chi connectivity index (χ3n) is 4.15. The van der Waals surface area contributed by atoms with Crippen molar-refractivity contribution in [2.24, 2.45) is 0 Å². The Bertz CT molecular complexity index is 889. The van der Waals surface area contributed by atoms with Crippen LogP contribution in [0.1, 0.15) is 25.0 Å². The molecule has 2 amide bonds. The average molecular weight is 420 g/mol. The Labute approximate surface area is 173 Å². The molecule has 0 unspecified atom stereocenters. The zero-order valence-corrected chi connectivity index (χ0v) is 17.4. The van der Waals surface area contributed by atoms with Gasteiger partial charge in [-0.25, -0.2) is 0 Å². The standard InChI is InChI=1S/C21H19Cl2NO2S/c1-13(2)27-19-18(15-5-9-17(23)10-6-15)20(25)24(21(19)26)12-11-14-3-7-16(22)8-4-14/h3-10,13H,11-12H2,1-2H3. The van der Waals surface area contributed by atoms with E-state index in [2.05, 4.69) is 0 Å². The van der Waals surface area contributed by atoms with Crippen molar-refractivity contribution in [3.63, 3.8) is 0 Å². The number of benzene rings is 2. The molecule has 0 saturated heterocycles. The maximum atomic E-state index is 13.0. The molecule has 1 aliphatic heterocycles. The summed E-state index contributed by atoms with van der Waals surface area (Å²) < 4.78 is 0. The fourth-order valence-electron chi connectivity index (χ4n) is 2.87. The predicted molar refractivity (Wildman–Crippen MR) is 113 cm³/mol. The first kappa shape index (κ1) is 20.0. The first-order chi connectivity index (χ1) is 12.9. The van der Waals surface area contributed by atoms with E-state index in [1.165, 1.54) is 16.7 Å². The van der Waals surface area contributed by atoms with Crippen LogP contribution < -0.4 is 0 Å². The van der Waals surface area contributed by atoms with Gasteiger partial charge in [0, 0.05) is 21.8 Å². The molecule has 1 heterocycles. The van der Waals surface area contributed by atoms with E-state index in [1.54, 1.807) is 24.3 Å². The normalized spacial score (nSPS) is 14.6. The summed E-state index contributed by atoms with van der Waals surface area (Å²) in [6.07, 6.45) is 0.585. The van der Waals surface area contributed by atoms with Crippen LogP contribution in [0.5, 0.6) is 0 Å². The van der Waals surface area contributed by atoms with Crippen molar-refractivity contribution in [3.05, 3.63) is 74.6 Å². The molecule has 0 N–H and O–H groups in total. The van der Waals surface area contributed by atoms with E-state index in [4.69, 9.17) is 23.2 Å². The van der Waals surface area contributed by atoms with Gasteiger partial charge in [0.1, 0.15) is 0 Å². The van der Waals surface area contributed by atoms with Crippen LogP contribution in [0.4, 0.5) is 0 Å². The van der Waals surface area contributed by atoms with Gasteiger partial charge in [-0.15, -0.1) is 11.8 Å². The molecule has 0 aliphatic carbocycles. The number of hydrogen-bond donors (Lipinski definition) is 0. The summed E-state index contributed by atoms with van der Waals surface area (Å²) in [5.74, 6) is -0.475. The topological polar surface area (TPSA) is 37.4 Å². The third kappa shape index (κ3) is 4.57. The molecule has 0 saturated carbocycles. The first-order valence-corrected chi connectivity index (χ1v) is 10.3. The van der Waals surface area contributed by atoms with Crippen molar-refractivity contribution in [2.45, 2.75) is 25.5 Å². The van der Waals surface area contributed by atoms with Crippen molar-refractivity contribution in [1.29, 1.82) is 0 Å². The van der Waals surface area contributed by atoms with Gasteiger partial charge >= 0.3 is 0 Å². The zero-order chi connectivity index (χ0) is 19.6. The van der Waals surface area contributed by atoms with Crippen LogP contribution >= 0.6 is 35.0 Å². The van der Waals surface area contributed by atoms with Crippen molar-refractivity contribution in [2.75, 3.05) is 6.54 Å². The number of amides is 2. The van der Waals surface area contributed by atoms with Crippen LogP contribution in [-0.4, -0.2) is 28.5 Å². The number of nitrogens with zero attached hydrogens (tertiary/aromatic N) is 1. The number of carbonyl (C=O) groups is 2. The van der Waals surface area contributed by atoms with Crippen LogP contribution in [0.3, 0.4) is 0 Å². The number of rotatable bonds is 6. The molecule has 27 heavy (non-hydrogen) atoms. The van der Waals surface area contributed by atoms with Gasteiger partial charge in [0.2, 0.25) is 0 Å². The van der Waals surface area contributed by atoms with E-state index in [0.717, 1.165) is 11.1 Å². The highest BCUT2D eigenvalue weighted by molar-refractivity contribution is 8.04. The van der Waals surface area contributed by atoms with Gasteiger partial charge in [0.05, 0.1) is 10.5 Å². The Kier molecular flexibility index (Phi) is 6.30. The maximum absolute atomic E-state index is 13.0. The zero-order valence-electron chi connectivity index (χ0n) is 15.0. The van der Waals surface area contributed by atoms with Crippen LogP contribution in [0.15, 0.2) is 53.4 Å². The largest absolute Gasteiger partial charge is 0.274 e. The second-order valence-electron chi connectivity index (χ2n) is 6.52. The highest BCUT2D eigenvalue weighted by Crippen LogP contribution is 2.38. The van der Waals surface area contributed by atoms with Crippen LogP contribution in [0, 0.1) is 0 Å². The number of halogens is 2. The van der Waals surface area contributed by atoms with Crippen LogP contribution in [0.25, 0.3) is 5.57 Å². The fourth-order valence-corrected chi connectivity index (χ4v) is 4.12. The molecule has 0 spiro atoms. The summed E-state index contributed by atoms with van der Waals surface area (Å²) in [6.45, 7) is 4.34. The Morgan fingerprint density at radius 2 is 1.44 bits per heavy atom. The molecule has 3 nitrogen and oxygen atoms in total. The number of thioether (sulfide) groups is 1. The van der Waals surface area contributed by atoms with E-state index < -0.39 is 0 Å². The SMILES string of the molecule is CC(C)SC1=C(c2ccc(Cl)cc2)C(=O)N(CCc2ccc(Cl)cc2)C1=O. The molecule has 3 rings (SSSR count). The second-order valence-corrected chi connectivity index (χ2v) is 8.98. The van der Waals surface area contributed by atoms with E-state index >= 15 is 0 Å². The smallest absolute Gasteiger partial charge is 0.268 e. The molecule has 1 aliphatic rings. The minimum Gasteiger partial charge on any atom is -0.274 e. The van der Waals surface area contributed by atoms with Gasteiger partial charge in [-0.05, 0) is 41.8 Å². The molecule has 0 radical (unpaired) electrons. The Hall–Kier alpha value is -1.75. The summed E-state index contributed by atoms with van der Waals surface area (Å²) in [5, 5.41) is 1.44. The Balaban J connectivity index is 1.86. The quantitative estimate of drug-likeness (QED) is 0.583. The second kappa shape index (κ2) is 8.51. The summed E-state index contributed by atoms with van der Waals surface area (Å²) in [4.78, 5) is 27.8. The predicted octanol–water partition coefficient (Wildman–Crippen LogP) is 5.46. The molecule has 2 aromatic carbocycles. The first-order valence-electron chi connectivity index (χ1n) is 8.64. The van der Waals surface area contributed by atoms with E-state index in [0.29, 0.717) is 33.5 Å². The number of imide groups is 1. The molecule has 0 aromatic heterocycles. The highest BCUT2D eigenvalue weighted by atomic mass is 35.5. The third-order valence-corrected chi connectivity index (χ3v) is 5.74. The fraction of sp³-hybridized carbons (Fsp3) is 0.238. The van der Waals surface area contributed by atoms with Crippen LogP contribution in [0.2, 0.25) is 10.0 Å². The van der Waals surface area contributed by atoms with Crippen molar-refractivity contribution < 1.29 is 9.59 Å². The van der Waals surface area contributed by atoms with Crippen molar-refractivity contribution in [3.8, 4) is 0 Å². The van der Waals surface area contributed by atoms with Crippen molar-refractivity contribution >= 4 is 52.4 Å². The minimum atomic E-state index is -0.251. The molecule has 0 bridgehead atoms. The van der Waals surface area contributed by atoms with E-state index in [-0.39, 0.29) is 17.1 Å². The van der Waals surface area contributed by atoms with Gasteiger partial charge in [0.25, 0.3) is 11.8 Å². The Morgan fingerprint density at radius 3 is 2.00 bits per heavy atom. The van der Waals surface area contributed by atoms with Crippen molar-refractivity contribution in [1.82, 2.24) is 4.90 Å². The highest BCUT2D eigenvalue weighted by Gasteiger charge is 2.39. The lowest BCUT2D eigenvalue weighted by Gasteiger charge is -2.15. The van der Waals surface area contributed by atoms with Gasteiger partial charge in [0.15, 0.2) is 0 Å². The van der Waals surface area contributed by atoms with Crippen LogP contribution in [-0.2, 0) is 16.0 Å². The molecule has 6 heteroatoms. The molecule has 0 atom stereocenters. The number of hydrogen-bond acceptors (Lipinski definition) is 3. The molecule has 0 fully saturated rings. The van der Waals surface area contributed by atoms with Gasteiger partial charge in [-0.1, -0.05) is 61.3 Å². The Morgan fingerprint density at radius 1 is 0.889 bits per heavy atom. The summed E-state index contributed by atoms with van der Waals surface area (Å²) >= 11 is 13.3. The van der Waals surface area contributed by atoms with Gasteiger partial charge < -0.3 is 0 Å². The van der Waals surface area contributed by atoms with Gasteiger partial charge in [-0.3, -0.25) is 14.5 Å². The monoisotopic (exact) mass is 419 g/mol. The summed E-state index contributed by atoms with van der Waals surface area (Å²) in [5.41, 5.74) is 2.21. The average Bonchev–Trinajstić information content (AvgIpc) is 2.85. The van der Waals surface area contributed by atoms with E-state index in [9.17, 15) is 9.59 Å². The molecule has 2 aromatic rings. The minimum absolute atomic E-state index is 0.190. The molecular formula is C21H19Cl2NO2S. The lowest BCUT2D eigenvalue weighted by Crippen LogP contribution is -2.33. The van der Waals surface area contributed by atoms with E-state index in [1.807, 2.05) is 38.1 Å². The number of carbonyl (C=O) groups excluding carboxylic acids is 2. The maximum Gasteiger partial charge on any atom is 0.268 e. The summed E-state index contributed by atoms with van der Waals surface area (Å²) in [7, 11) is 0. The molecule has 140 valence electrons. The lowest BCUT2D eigenvalue weighted by molar-refractivity contribution is -0.136.